The predicted octanol–water partition coefficient (Wildman–Crippen LogP) is 26.0. The highest BCUT2D eigenvalue weighted by Gasteiger charge is 2.46. The number of fused-ring (bicyclic) bond motifs is 10. The zero-order chi connectivity index (χ0) is 80.5. The van der Waals surface area contributed by atoms with Crippen LogP contribution in [0.5, 0.6) is 0 Å². The molecule has 0 N–H and O–H groups in total. The number of hydrogen-bond donors (Lipinski definition) is 0. The van der Waals surface area contributed by atoms with E-state index in [1.807, 2.05) is 0 Å². The second kappa shape index (κ2) is 25.4. The molecule has 0 atom stereocenters. The normalized spacial score (nSPS) is 14.3. The molecule has 0 aliphatic carbocycles. The molecule has 2 aromatic heterocycles. The number of hydrogen-bond acceptors (Lipinski definition) is 2. The lowest BCUT2D eigenvalue weighted by molar-refractivity contribution is 0.411. The third kappa shape index (κ3) is 12.2. The highest BCUT2D eigenvalue weighted by atomic mass is 15.2. The fourth-order valence-corrected chi connectivity index (χ4v) is 17.1. The van der Waals surface area contributed by atoms with E-state index in [1.54, 1.807) is 0 Å². The second-order valence-electron chi connectivity index (χ2n) is 35.5. The molecular formula is C101H97BN4. The van der Waals surface area contributed by atoms with Gasteiger partial charge in [0, 0.05) is 77.9 Å². The summed E-state index contributed by atoms with van der Waals surface area (Å²) >= 11 is 0. The van der Waals surface area contributed by atoms with Crippen LogP contribution in [0, 0.1) is 16.2 Å². The quantitative estimate of drug-likeness (QED) is 0.120. The zero-order valence-corrected chi connectivity index (χ0v) is 63.9. The third-order valence-corrected chi connectivity index (χ3v) is 21.5. The molecule has 2 aliphatic rings. The van der Waals surface area contributed by atoms with Crippen molar-refractivity contribution >= 4 is 101 Å². The first kappa shape index (κ1) is 59.4. The van der Waals surface area contributed by atoms with E-state index < -0.39 is 6.71 Å². The van der Waals surface area contributed by atoms with Crippen LogP contribution in [-0.2, 0) is 30.1 Å². The molecule has 13 aromatic carbocycles. The molecule has 15 aromatic rings. The Balaban J connectivity index is 1.09. The maximum atomic E-state index is 10.0. The Morgan fingerprint density at radius 1 is 0.302 bits per heavy atom. The first-order chi connectivity index (χ1) is 54.0. The summed E-state index contributed by atoms with van der Waals surface area (Å²) in [7, 11) is 0. The molecule has 5 heteroatoms. The summed E-state index contributed by atoms with van der Waals surface area (Å²) in [6, 6.07) is 82.7. The summed E-state index contributed by atoms with van der Waals surface area (Å²) in [6.45, 7) is 33.4. The Kier molecular flexibility index (Phi) is 14.3. The van der Waals surface area contributed by atoms with Crippen molar-refractivity contribution in [2.24, 2.45) is 16.2 Å². The number of nitrogens with zero attached hydrogens (tertiary/aromatic N) is 4. The summed E-state index contributed by atoms with van der Waals surface area (Å²) in [4.78, 5) is 5.15. The van der Waals surface area contributed by atoms with Crippen LogP contribution >= 0.6 is 0 Å². The highest BCUT2D eigenvalue weighted by molar-refractivity contribution is 7.00. The maximum Gasteiger partial charge on any atom is 0.252 e. The fraction of sp³-hybridized carbons (Fsp3) is 0.228. The van der Waals surface area contributed by atoms with Gasteiger partial charge in [-0.15, -0.1) is 0 Å². The minimum absolute atomic E-state index is 0.0862. The van der Waals surface area contributed by atoms with Crippen molar-refractivity contribution in [1.82, 2.24) is 9.13 Å². The Morgan fingerprint density at radius 2 is 0.623 bits per heavy atom. The first-order valence-electron chi connectivity index (χ1n) is 41.7. The van der Waals surface area contributed by atoms with Crippen LogP contribution in [-0.4, -0.2) is 15.8 Å². The Bertz CT molecular complexity index is 5950. The molecule has 0 amide bonds. The van der Waals surface area contributed by atoms with Crippen LogP contribution in [0.4, 0.5) is 34.1 Å². The standard InChI is InChI=1S/C101H97BN4/c1-97(2,3)62-65-52-78(68-32-20-16-21-33-68)95(79(53-65)69-34-22-17-23-35-69)105-90-60-74(103-86-42-30-28-40-76(86)82-58-72(100(10,11)12)44-50-88(82)103)46-48-84(90)102-85-49-47-75(104-87-43-31-29-41-77(87)83-59-73(101(13,14)15)45-51-89(83)104)61-91(85)106(93-57-67(64-99(7,8)9)56-92(105)94(93)102)96-80(70-36-24-18-25-37-70)54-66(63-98(4,5)6)55-81(96)71-38-26-19-27-39-71/h16-61H,62-64H2,1-15H3/i28D,29D,30D,31D,40D,41D,42D,43D. The molecule has 0 unspecified atom stereocenters. The molecule has 0 spiro atoms. The van der Waals surface area contributed by atoms with E-state index in [9.17, 15) is 11.0 Å². The lowest BCUT2D eigenvalue weighted by atomic mass is 9.33. The van der Waals surface area contributed by atoms with Gasteiger partial charge in [-0.2, -0.15) is 0 Å². The second-order valence-corrected chi connectivity index (χ2v) is 35.5. The third-order valence-electron chi connectivity index (χ3n) is 21.5. The molecule has 0 radical (unpaired) electrons. The summed E-state index contributed by atoms with van der Waals surface area (Å²) in [5.41, 5.74) is 25.6. The van der Waals surface area contributed by atoms with Gasteiger partial charge in [-0.3, -0.25) is 0 Å². The van der Waals surface area contributed by atoms with Crippen LogP contribution in [0.3, 0.4) is 0 Å². The Hall–Kier alpha value is -10.9. The average molecular weight is 1390 g/mol. The van der Waals surface area contributed by atoms with E-state index in [4.69, 9.17) is 0 Å². The van der Waals surface area contributed by atoms with Gasteiger partial charge in [0.15, 0.2) is 0 Å². The molecule has 0 saturated carbocycles. The van der Waals surface area contributed by atoms with E-state index in [0.717, 1.165) is 158 Å². The highest BCUT2D eigenvalue weighted by Crippen LogP contribution is 2.55. The SMILES string of the molecule is [2H]c1c([2H])c([2H])c2c(c1[2H])c1cc(C(C)(C)C)ccc1n2-c1ccc2c(c1)N(c1c(-c3ccccc3)cc(CC(C)(C)C)cc1-c1ccccc1)c1cc(CC(C)(C)C)cc3c1B2c1ccc(-n2c4ccc(C(C)(C)C)cc4c4c([2H])c([2H])c([2H])c([2H])c42)cc1N3c1c(-c2ccccc2)cc(CC(C)(C)C)cc1-c1ccccc1. The Morgan fingerprint density at radius 3 is 0.943 bits per heavy atom. The monoisotopic (exact) mass is 1380 g/mol. The minimum Gasteiger partial charge on any atom is -0.310 e. The molecule has 0 saturated heterocycles. The number of anilines is 6. The summed E-state index contributed by atoms with van der Waals surface area (Å²) in [5, 5.41) is 2.42. The topological polar surface area (TPSA) is 16.3 Å². The van der Waals surface area contributed by atoms with Gasteiger partial charge >= 0.3 is 0 Å². The van der Waals surface area contributed by atoms with Crippen molar-refractivity contribution in [1.29, 1.82) is 0 Å². The molecule has 17 rings (SSSR count). The van der Waals surface area contributed by atoms with Crippen LogP contribution in [0.15, 0.2) is 279 Å². The number of aromatic nitrogens is 2. The Labute approximate surface area is 640 Å². The van der Waals surface area contributed by atoms with Gasteiger partial charge < -0.3 is 18.9 Å². The van der Waals surface area contributed by atoms with Crippen LogP contribution in [0.25, 0.3) is 99.5 Å². The van der Waals surface area contributed by atoms with E-state index >= 15 is 0 Å². The smallest absolute Gasteiger partial charge is 0.252 e. The maximum absolute atomic E-state index is 10.0. The van der Waals surface area contributed by atoms with Crippen molar-refractivity contribution < 1.29 is 11.0 Å². The molecule has 106 heavy (non-hydrogen) atoms. The summed E-state index contributed by atoms with van der Waals surface area (Å²) in [6.07, 6.45) is 2.28. The lowest BCUT2D eigenvalue weighted by Crippen LogP contribution is -2.61. The van der Waals surface area contributed by atoms with Gasteiger partial charge in [0.2, 0.25) is 0 Å². The van der Waals surface area contributed by atoms with Crippen molar-refractivity contribution in [3.05, 3.63) is 307 Å². The molecule has 0 fully saturated rings. The molecule has 2 aliphatic heterocycles. The summed E-state index contributed by atoms with van der Waals surface area (Å²) < 4.78 is 81.2. The van der Waals surface area contributed by atoms with Crippen molar-refractivity contribution in [2.75, 3.05) is 9.80 Å². The van der Waals surface area contributed by atoms with Gasteiger partial charge in [0.25, 0.3) is 6.71 Å². The van der Waals surface area contributed by atoms with Crippen molar-refractivity contribution in [3.8, 4) is 55.9 Å². The average Bonchev–Trinajstić information content (AvgIpc) is 0.712. The first-order valence-corrected chi connectivity index (χ1v) is 37.7. The van der Waals surface area contributed by atoms with Crippen LogP contribution in [0.2, 0.25) is 0 Å². The van der Waals surface area contributed by atoms with E-state index in [2.05, 4.69) is 353 Å². The predicted molar refractivity (Wildman–Crippen MR) is 458 cm³/mol. The number of para-hydroxylation sites is 2. The van der Waals surface area contributed by atoms with Crippen LogP contribution < -0.4 is 26.2 Å². The van der Waals surface area contributed by atoms with Gasteiger partial charge in [0.1, 0.15) is 0 Å². The van der Waals surface area contributed by atoms with Gasteiger partial charge in [-0.25, -0.2) is 0 Å². The minimum atomic E-state index is -0.491. The number of benzene rings is 13. The molecular weight excluding hydrogens is 1280 g/mol. The zero-order valence-electron chi connectivity index (χ0n) is 71.9. The van der Waals surface area contributed by atoms with E-state index in [1.165, 1.54) is 11.1 Å². The van der Waals surface area contributed by atoms with Gasteiger partial charge in [-0.05, 0) is 210 Å². The van der Waals surface area contributed by atoms with Crippen LogP contribution in [0.1, 0.15) is 143 Å². The molecule has 0 bridgehead atoms. The van der Waals surface area contributed by atoms with Crippen molar-refractivity contribution in [3.63, 3.8) is 0 Å². The lowest BCUT2D eigenvalue weighted by Gasteiger charge is -2.46. The van der Waals surface area contributed by atoms with Gasteiger partial charge in [0.05, 0.1) is 44.4 Å². The van der Waals surface area contributed by atoms with E-state index in [0.29, 0.717) is 28.2 Å². The largest absolute Gasteiger partial charge is 0.310 e. The van der Waals surface area contributed by atoms with Crippen molar-refractivity contribution in [2.45, 2.75) is 134 Å². The number of rotatable bonds is 11. The van der Waals surface area contributed by atoms with Gasteiger partial charge in [-0.1, -0.05) is 286 Å². The molecule has 4 nitrogen and oxygen atoms in total. The van der Waals surface area contributed by atoms with E-state index in [-0.39, 0.29) is 75.4 Å². The molecule has 524 valence electrons. The molecule has 4 heterocycles. The summed E-state index contributed by atoms with van der Waals surface area (Å²) in [5.74, 6) is 0. The fourth-order valence-electron chi connectivity index (χ4n) is 17.1.